The van der Waals surface area contributed by atoms with Gasteiger partial charge in [-0.3, -0.25) is 4.79 Å². The topological polar surface area (TPSA) is 83.5 Å². The minimum Gasteiger partial charge on any atom is -0.481 e. The van der Waals surface area contributed by atoms with Crippen LogP contribution < -0.4 is 5.32 Å². The predicted octanol–water partition coefficient (Wildman–Crippen LogP) is 2.12. The van der Waals surface area contributed by atoms with Crippen molar-refractivity contribution in [2.24, 2.45) is 5.92 Å². The van der Waals surface area contributed by atoms with Crippen LogP contribution in [0, 0.1) is 5.92 Å². The van der Waals surface area contributed by atoms with E-state index in [1.165, 1.54) is 0 Å². The molecule has 7 heteroatoms. The van der Waals surface area contributed by atoms with Crippen molar-refractivity contribution in [1.82, 2.24) is 5.32 Å². The molecule has 1 saturated heterocycles. The highest BCUT2D eigenvalue weighted by Gasteiger charge is 2.38. The van der Waals surface area contributed by atoms with Crippen LogP contribution in [0.2, 0.25) is 0 Å². The molecule has 114 valence electrons. The Labute approximate surface area is 131 Å². The molecule has 0 amide bonds. The normalized spacial score (nSPS) is 26.0. The van der Waals surface area contributed by atoms with Crippen LogP contribution >= 0.6 is 15.9 Å². The quantitative estimate of drug-likeness (QED) is 0.844. The summed E-state index contributed by atoms with van der Waals surface area (Å²) in [5.74, 6) is -1.18. The summed E-state index contributed by atoms with van der Waals surface area (Å²) in [5.41, 5.74) is 0.917. The number of carboxylic acid groups (broad SMARTS) is 1. The van der Waals surface area contributed by atoms with Gasteiger partial charge in [-0.25, -0.2) is 8.42 Å². The minimum absolute atomic E-state index is 0.0416. The number of hydrogen-bond acceptors (Lipinski definition) is 4. The molecule has 2 aliphatic rings. The zero-order valence-corrected chi connectivity index (χ0v) is 13.7. The number of aliphatic carboxylic acids is 1. The third kappa shape index (κ3) is 2.86. The monoisotopic (exact) mass is 373 g/mol. The molecule has 5 nitrogen and oxygen atoms in total. The standard InChI is InChI=1S/C14H16BrNO4S/c15-11-5-8(12-6-9(7-16-12)14(17)18)1-4-13(11)21(19,20)10-2-3-10/h1,4-5,9-10,12,16H,2-3,6-7H2,(H,17,18). The summed E-state index contributed by atoms with van der Waals surface area (Å²) in [4.78, 5) is 11.3. The zero-order valence-electron chi connectivity index (χ0n) is 11.3. The number of benzene rings is 1. The Morgan fingerprint density at radius 2 is 2.05 bits per heavy atom. The van der Waals surface area contributed by atoms with Crippen molar-refractivity contribution in [2.75, 3.05) is 6.54 Å². The summed E-state index contributed by atoms with van der Waals surface area (Å²) in [7, 11) is -3.22. The van der Waals surface area contributed by atoms with Gasteiger partial charge in [-0.15, -0.1) is 0 Å². The maximum Gasteiger partial charge on any atom is 0.307 e. The van der Waals surface area contributed by atoms with Gasteiger partial charge < -0.3 is 10.4 Å². The molecule has 3 rings (SSSR count). The largest absolute Gasteiger partial charge is 0.481 e. The molecular weight excluding hydrogens is 358 g/mol. The van der Waals surface area contributed by atoms with E-state index in [1.807, 2.05) is 0 Å². The second-order valence-electron chi connectivity index (χ2n) is 5.67. The maximum absolute atomic E-state index is 12.3. The van der Waals surface area contributed by atoms with Crippen molar-refractivity contribution < 1.29 is 18.3 Å². The second kappa shape index (κ2) is 5.37. The van der Waals surface area contributed by atoms with E-state index >= 15 is 0 Å². The van der Waals surface area contributed by atoms with E-state index in [2.05, 4.69) is 21.2 Å². The lowest BCUT2D eigenvalue weighted by Crippen LogP contribution is -2.17. The van der Waals surface area contributed by atoms with Gasteiger partial charge in [-0.1, -0.05) is 6.07 Å². The SMILES string of the molecule is O=C(O)C1CNC(c2ccc(S(=O)(=O)C3CC3)c(Br)c2)C1. The highest BCUT2D eigenvalue weighted by Crippen LogP contribution is 2.38. The molecule has 2 N–H and O–H groups in total. The lowest BCUT2D eigenvalue weighted by molar-refractivity contribution is -0.141. The van der Waals surface area contributed by atoms with Crippen molar-refractivity contribution >= 4 is 31.7 Å². The van der Waals surface area contributed by atoms with Gasteiger partial charge in [0.15, 0.2) is 9.84 Å². The lowest BCUT2D eigenvalue weighted by atomic mass is 10.0. The summed E-state index contributed by atoms with van der Waals surface area (Å²) in [6, 6.07) is 5.15. The van der Waals surface area contributed by atoms with E-state index in [4.69, 9.17) is 5.11 Å². The molecule has 1 aliphatic heterocycles. The number of nitrogens with one attached hydrogen (secondary N) is 1. The molecule has 0 bridgehead atoms. The van der Waals surface area contributed by atoms with E-state index in [0.29, 0.717) is 22.3 Å². The van der Waals surface area contributed by atoms with Gasteiger partial charge >= 0.3 is 5.97 Å². The Balaban J connectivity index is 1.84. The fourth-order valence-corrected chi connectivity index (χ4v) is 5.48. The van der Waals surface area contributed by atoms with Gasteiger partial charge in [0.05, 0.1) is 16.1 Å². The highest BCUT2D eigenvalue weighted by molar-refractivity contribution is 9.10. The average Bonchev–Trinajstić information content (AvgIpc) is 3.16. The minimum atomic E-state index is -3.22. The Kier molecular flexibility index (Phi) is 3.83. The van der Waals surface area contributed by atoms with Crippen molar-refractivity contribution in [2.45, 2.75) is 35.4 Å². The Morgan fingerprint density at radius 1 is 1.33 bits per heavy atom. The van der Waals surface area contributed by atoms with Crippen LogP contribution in [0.4, 0.5) is 0 Å². The van der Waals surface area contributed by atoms with Crippen molar-refractivity contribution in [3.8, 4) is 0 Å². The number of rotatable bonds is 4. The summed E-state index contributed by atoms with van der Waals surface area (Å²) in [6.45, 7) is 0.444. The Morgan fingerprint density at radius 3 is 2.57 bits per heavy atom. The summed E-state index contributed by atoms with van der Waals surface area (Å²) in [6.07, 6.45) is 2.00. The van der Waals surface area contributed by atoms with Gasteiger partial charge in [-0.05, 0) is 52.9 Å². The number of carboxylic acids is 1. The third-order valence-corrected chi connectivity index (χ3v) is 7.34. The molecule has 1 saturated carbocycles. The average molecular weight is 374 g/mol. The van der Waals surface area contributed by atoms with E-state index in [9.17, 15) is 13.2 Å². The van der Waals surface area contributed by atoms with E-state index in [-0.39, 0.29) is 17.2 Å². The molecule has 1 aliphatic carbocycles. The van der Waals surface area contributed by atoms with Crippen LogP contribution in [0.1, 0.15) is 30.9 Å². The summed E-state index contributed by atoms with van der Waals surface area (Å²) >= 11 is 3.35. The fourth-order valence-electron chi connectivity index (χ4n) is 2.70. The number of hydrogen-bond donors (Lipinski definition) is 2. The molecule has 0 spiro atoms. The van der Waals surface area contributed by atoms with Gasteiger partial charge in [0.2, 0.25) is 0 Å². The molecule has 2 unspecified atom stereocenters. The van der Waals surface area contributed by atoms with Gasteiger partial charge in [0, 0.05) is 17.1 Å². The third-order valence-electron chi connectivity index (χ3n) is 4.11. The van der Waals surface area contributed by atoms with Gasteiger partial charge in [0.25, 0.3) is 0 Å². The van der Waals surface area contributed by atoms with Gasteiger partial charge in [-0.2, -0.15) is 0 Å². The van der Waals surface area contributed by atoms with Crippen LogP contribution in [0.15, 0.2) is 27.6 Å². The first kappa shape index (κ1) is 15.0. The molecule has 21 heavy (non-hydrogen) atoms. The molecule has 2 atom stereocenters. The number of sulfone groups is 1. The van der Waals surface area contributed by atoms with Gasteiger partial charge in [0.1, 0.15) is 0 Å². The molecule has 0 aromatic heterocycles. The first-order valence-electron chi connectivity index (χ1n) is 6.89. The first-order valence-corrected chi connectivity index (χ1v) is 9.23. The fraction of sp³-hybridized carbons (Fsp3) is 0.500. The van der Waals surface area contributed by atoms with Crippen LogP contribution in [-0.2, 0) is 14.6 Å². The van der Waals surface area contributed by atoms with E-state index in [0.717, 1.165) is 18.4 Å². The number of carbonyl (C=O) groups is 1. The van der Waals surface area contributed by atoms with Crippen LogP contribution in [0.3, 0.4) is 0 Å². The maximum atomic E-state index is 12.3. The van der Waals surface area contributed by atoms with E-state index < -0.39 is 15.8 Å². The Hall–Kier alpha value is -0.920. The molecule has 1 aromatic rings. The smallest absolute Gasteiger partial charge is 0.307 e. The van der Waals surface area contributed by atoms with Crippen LogP contribution in [0.25, 0.3) is 0 Å². The van der Waals surface area contributed by atoms with E-state index in [1.54, 1.807) is 18.2 Å². The summed E-state index contributed by atoms with van der Waals surface area (Å²) < 4.78 is 25.1. The van der Waals surface area contributed by atoms with Crippen molar-refractivity contribution in [1.29, 1.82) is 0 Å². The molecule has 1 aromatic carbocycles. The van der Waals surface area contributed by atoms with Crippen LogP contribution in [-0.4, -0.2) is 31.3 Å². The second-order valence-corrected chi connectivity index (χ2v) is 8.72. The lowest BCUT2D eigenvalue weighted by Gasteiger charge is -2.13. The molecule has 2 fully saturated rings. The number of halogens is 1. The van der Waals surface area contributed by atoms with Crippen molar-refractivity contribution in [3.63, 3.8) is 0 Å². The first-order chi connectivity index (χ1) is 9.89. The molecular formula is C14H16BrNO4S. The molecule has 0 radical (unpaired) electrons. The highest BCUT2D eigenvalue weighted by atomic mass is 79.9. The summed E-state index contributed by atoms with van der Waals surface area (Å²) in [5, 5.41) is 12.0. The zero-order chi connectivity index (χ0) is 15.2. The Bertz CT molecular complexity index is 684. The molecule has 1 heterocycles. The van der Waals surface area contributed by atoms with Crippen molar-refractivity contribution in [3.05, 3.63) is 28.2 Å². The predicted molar refractivity (Wildman–Crippen MR) is 80.8 cm³/mol. The van der Waals surface area contributed by atoms with Crippen LogP contribution in [0.5, 0.6) is 0 Å².